The van der Waals surface area contributed by atoms with Gasteiger partial charge in [-0.05, 0) is 80.1 Å². The first-order valence-corrected chi connectivity index (χ1v) is 14.4. The first-order chi connectivity index (χ1) is 17.4. The van der Waals surface area contributed by atoms with Crippen LogP contribution in [0.15, 0.2) is 71.6 Å². The third-order valence-electron chi connectivity index (χ3n) is 5.45. The zero-order chi connectivity index (χ0) is 27.4. The number of aryl methyl sites for hydroxylation is 1. The zero-order valence-electron chi connectivity index (χ0n) is 21.0. The molecule has 0 radical (unpaired) electrons. The molecule has 3 aromatic carbocycles. The molecule has 3 aromatic rings. The maximum atomic E-state index is 12.9. The van der Waals surface area contributed by atoms with Crippen LogP contribution in [0.2, 0.25) is 0 Å². The predicted molar refractivity (Wildman–Crippen MR) is 143 cm³/mol. The molecule has 1 atom stereocenters. The van der Waals surface area contributed by atoms with Gasteiger partial charge in [-0.1, -0.05) is 6.07 Å². The summed E-state index contributed by atoms with van der Waals surface area (Å²) in [6, 6.07) is 15.8. The minimum atomic E-state index is -3.94. The second kappa shape index (κ2) is 11.1. The van der Waals surface area contributed by atoms with Gasteiger partial charge in [0.05, 0.1) is 36.7 Å². The molecule has 0 heterocycles. The van der Waals surface area contributed by atoms with Crippen LogP contribution in [0.5, 0.6) is 11.5 Å². The van der Waals surface area contributed by atoms with E-state index in [4.69, 9.17) is 9.47 Å². The van der Waals surface area contributed by atoms with Crippen molar-refractivity contribution in [1.29, 1.82) is 0 Å². The van der Waals surface area contributed by atoms with Crippen LogP contribution in [0.3, 0.4) is 0 Å². The van der Waals surface area contributed by atoms with E-state index in [1.54, 1.807) is 42.5 Å². The minimum Gasteiger partial charge on any atom is -0.497 e. The fraction of sp³-hybridized carbons (Fsp3) is 0.240. The van der Waals surface area contributed by atoms with Crippen LogP contribution in [0, 0.1) is 6.92 Å². The standard InChI is InChI=1S/C25H29N3O7S2/c1-17-6-15-24(35-4)23(16-17)27-37(32,33)22-13-7-19(8-14-22)26-25(29)18(2)28(36(5,30)31)20-9-11-21(34-3)12-10-20/h6-16,18,27H,1-5H3,(H,26,29)/t18-/m1/s1. The third kappa shape index (κ3) is 6.71. The lowest BCUT2D eigenvalue weighted by molar-refractivity contribution is -0.116. The largest absolute Gasteiger partial charge is 0.497 e. The molecule has 0 aliphatic carbocycles. The quantitative estimate of drug-likeness (QED) is 0.396. The van der Waals surface area contributed by atoms with Gasteiger partial charge in [-0.25, -0.2) is 16.8 Å². The lowest BCUT2D eigenvalue weighted by Crippen LogP contribution is -2.45. The van der Waals surface area contributed by atoms with Crippen LogP contribution in [0.4, 0.5) is 17.1 Å². The number of hydrogen-bond acceptors (Lipinski definition) is 7. The van der Waals surface area contributed by atoms with Crippen molar-refractivity contribution >= 4 is 43.0 Å². The number of nitrogens with zero attached hydrogens (tertiary/aromatic N) is 1. The Morgan fingerprint density at radius 2 is 1.51 bits per heavy atom. The monoisotopic (exact) mass is 547 g/mol. The summed E-state index contributed by atoms with van der Waals surface area (Å²) in [6.45, 7) is 3.29. The molecule has 1 amide bonds. The van der Waals surface area contributed by atoms with Crippen LogP contribution in [0.1, 0.15) is 12.5 Å². The van der Waals surface area contributed by atoms with Gasteiger partial charge < -0.3 is 14.8 Å². The van der Waals surface area contributed by atoms with Gasteiger partial charge in [0.1, 0.15) is 17.5 Å². The fourth-order valence-corrected chi connectivity index (χ4v) is 5.84. The van der Waals surface area contributed by atoms with Crippen LogP contribution in [-0.4, -0.2) is 49.3 Å². The normalized spacial score (nSPS) is 12.4. The fourth-order valence-electron chi connectivity index (χ4n) is 3.61. The first-order valence-electron chi connectivity index (χ1n) is 11.1. The molecular weight excluding hydrogens is 518 g/mol. The number of methoxy groups -OCH3 is 2. The summed E-state index contributed by atoms with van der Waals surface area (Å²) in [4.78, 5) is 12.9. The maximum Gasteiger partial charge on any atom is 0.262 e. The van der Waals surface area contributed by atoms with E-state index in [0.717, 1.165) is 16.1 Å². The maximum absolute atomic E-state index is 12.9. The summed E-state index contributed by atoms with van der Waals surface area (Å²) in [5.74, 6) is 0.318. The van der Waals surface area contributed by atoms with Gasteiger partial charge in [0.2, 0.25) is 15.9 Å². The van der Waals surface area contributed by atoms with Gasteiger partial charge in [-0.15, -0.1) is 0 Å². The van der Waals surface area contributed by atoms with Gasteiger partial charge in [0.15, 0.2) is 0 Å². The lowest BCUT2D eigenvalue weighted by Gasteiger charge is -2.28. The molecular formula is C25H29N3O7S2. The smallest absolute Gasteiger partial charge is 0.262 e. The summed E-state index contributed by atoms with van der Waals surface area (Å²) in [6.07, 6.45) is 1.01. The Morgan fingerprint density at radius 1 is 0.892 bits per heavy atom. The van der Waals surface area contributed by atoms with Crippen LogP contribution >= 0.6 is 0 Å². The number of anilines is 3. The summed E-state index contributed by atoms with van der Waals surface area (Å²) in [5, 5.41) is 2.64. The summed E-state index contributed by atoms with van der Waals surface area (Å²) >= 11 is 0. The van der Waals surface area contributed by atoms with E-state index < -0.39 is 32.0 Å². The molecule has 0 saturated heterocycles. The van der Waals surface area contributed by atoms with Crippen molar-refractivity contribution in [1.82, 2.24) is 0 Å². The molecule has 0 spiro atoms. The molecule has 0 aromatic heterocycles. The lowest BCUT2D eigenvalue weighted by atomic mass is 10.2. The average Bonchev–Trinajstić information content (AvgIpc) is 2.84. The molecule has 0 fully saturated rings. The van der Waals surface area contributed by atoms with E-state index in [9.17, 15) is 21.6 Å². The zero-order valence-corrected chi connectivity index (χ0v) is 22.7. The van der Waals surface area contributed by atoms with E-state index in [-0.39, 0.29) is 4.90 Å². The molecule has 0 saturated carbocycles. The number of sulfonamides is 2. The molecule has 37 heavy (non-hydrogen) atoms. The van der Waals surface area contributed by atoms with E-state index in [2.05, 4.69) is 10.0 Å². The van der Waals surface area contributed by atoms with Crippen molar-refractivity contribution in [2.75, 3.05) is 34.8 Å². The number of rotatable bonds is 10. The van der Waals surface area contributed by atoms with Gasteiger partial charge >= 0.3 is 0 Å². The number of hydrogen-bond donors (Lipinski definition) is 2. The Kier molecular flexibility index (Phi) is 8.34. The van der Waals surface area contributed by atoms with E-state index in [1.165, 1.54) is 45.4 Å². The first kappa shape index (κ1) is 27.8. The number of carbonyl (C=O) groups is 1. The Labute approximate surface area is 217 Å². The molecule has 2 N–H and O–H groups in total. The summed E-state index contributed by atoms with van der Waals surface area (Å²) < 4.78 is 64.6. The minimum absolute atomic E-state index is 0.0295. The topological polar surface area (TPSA) is 131 Å². The van der Waals surface area contributed by atoms with Crippen molar-refractivity contribution in [2.24, 2.45) is 0 Å². The second-order valence-corrected chi connectivity index (χ2v) is 11.8. The Morgan fingerprint density at radius 3 is 2.05 bits per heavy atom. The molecule has 3 rings (SSSR count). The molecule has 0 unspecified atom stereocenters. The summed E-state index contributed by atoms with van der Waals surface area (Å²) in [5.41, 5.74) is 1.74. The molecule has 198 valence electrons. The van der Waals surface area contributed by atoms with Crippen LogP contribution in [0.25, 0.3) is 0 Å². The molecule has 0 bridgehead atoms. The SMILES string of the molecule is COc1ccc(N([C@H](C)C(=O)Nc2ccc(S(=O)(=O)Nc3cc(C)ccc3OC)cc2)S(C)(=O)=O)cc1. The van der Waals surface area contributed by atoms with Crippen LogP contribution < -0.4 is 23.8 Å². The van der Waals surface area contributed by atoms with Crippen LogP contribution in [-0.2, 0) is 24.8 Å². The number of amides is 1. The van der Waals surface area contributed by atoms with Crippen molar-refractivity contribution < 1.29 is 31.1 Å². The predicted octanol–water partition coefficient (Wildman–Crippen LogP) is 3.61. The highest BCUT2D eigenvalue weighted by Crippen LogP contribution is 2.28. The molecule has 12 heteroatoms. The summed E-state index contributed by atoms with van der Waals surface area (Å²) in [7, 11) is -4.81. The average molecular weight is 548 g/mol. The molecule has 0 aliphatic heterocycles. The number of carbonyl (C=O) groups excluding carboxylic acids is 1. The van der Waals surface area contributed by atoms with Crippen molar-refractivity contribution in [2.45, 2.75) is 24.8 Å². The van der Waals surface area contributed by atoms with Gasteiger partial charge in [0.25, 0.3) is 10.0 Å². The Bertz CT molecular complexity index is 1470. The van der Waals surface area contributed by atoms with Crippen molar-refractivity contribution in [3.8, 4) is 11.5 Å². The van der Waals surface area contributed by atoms with Crippen molar-refractivity contribution in [3.63, 3.8) is 0 Å². The highest BCUT2D eigenvalue weighted by molar-refractivity contribution is 7.92. The van der Waals surface area contributed by atoms with E-state index in [1.807, 2.05) is 6.92 Å². The molecule has 10 nitrogen and oxygen atoms in total. The van der Waals surface area contributed by atoms with Gasteiger partial charge in [0, 0.05) is 5.69 Å². The van der Waals surface area contributed by atoms with E-state index in [0.29, 0.717) is 28.6 Å². The highest BCUT2D eigenvalue weighted by atomic mass is 32.2. The Hall–Kier alpha value is -3.77. The molecule has 0 aliphatic rings. The number of benzene rings is 3. The van der Waals surface area contributed by atoms with Gasteiger partial charge in [-0.3, -0.25) is 13.8 Å². The number of ether oxygens (including phenoxy) is 2. The van der Waals surface area contributed by atoms with E-state index >= 15 is 0 Å². The Balaban J connectivity index is 1.78. The number of nitrogens with one attached hydrogen (secondary N) is 2. The van der Waals surface area contributed by atoms with Gasteiger partial charge in [-0.2, -0.15) is 0 Å². The second-order valence-electron chi connectivity index (χ2n) is 8.26. The van der Waals surface area contributed by atoms with Crippen molar-refractivity contribution in [3.05, 3.63) is 72.3 Å². The third-order valence-corrected chi connectivity index (χ3v) is 8.07. The highest BCUT2D eigenvalue weighted by Gasteiger charge is 2.29.